The number of hydrogen-bond acceptors (Lipinski definition) is 2. The molecule has 2 rings (SSSR count). The van der Waals surface area contributed by atoms with Gasteiger partial charge in [-0.2, -0.15) is 0 Å². The van der Waals surface area contributed by atoms with Gasteiger partial charge in [-0.05, 0) is 49.7 Å². The molecule has 1 saturated heterocycles. The fraction of sp³-hybridized carbons (Fsp3) is 0.933. The molecule has 1 saturated carbocycles. The van der Waals surface area contributed by atoms with E-state index in [0.717, 1.165) is 37.8 Å². The predicted molar refractivity (Wildman–Crippen MR) is 83.4 cm³/mol. The third-order valence-electron chi connectivity index (χ3n) is 4.83. The lowest BCUT2D eigenvalue weighted by atomic mass is 9.68. The maximum absolute atomic E-state index is 5.49. The van der Waals surface area contributed by atoms with E-state index in [4.69, 9.17) is 17.0 Å². The lowest BCUT2D eigenvalue weighted by molar-refractivity contribution is 0.0973. The van der Waals surface area contributed by atoms with E-state index in [1.807, 2.05) is 0 Å². The molecule has 1 aliphatic carbocycles. The monoisotopic (exact) mass is 284 g/mol. The fourth-order valence-electron chi connectivity index (χ4n) is 3.51. The highest BCUT2D eigenvalue weighted by Crippen LogP contribution is 2.44. The Bertz CT molecular complexity index is 280. The molecule has 2 fully saturated rings. The SMILES string of the molecule is COCCCNC(=S)N1CCC2(CCCCC2)CC1. The minimum Gasteiger partial charge on any atom is -0.385 e. The van der Waals surface area contributed by atoms with E-state index in [-0.39, 0.29) is 0 Å². The predicted octanol–water partition coefficient (Wildman–Crippen LogP) is 2.94. The van der Waals surface area contributed by atoms with Crippen LogP contribution in [0.5, 0.6) is 0 Å². The zero-order chi connectivity index (χ0) is 13.6. The number of piperidine rings is 1. The summed E-state index contributed by atoms with van der Waals surface area (Å²) in [5.41, 5.74) is 0.667. The largest absolute Gasteiger partial charge is 0.385 e. The second-order valence-corrected chi connectivity index (χ2v) is 6.51. The molecule has 0 aromatic carbocycles. The maximum Gasteiger partial charge on any atom is 0.168 e. The highest BCUT2D eigenvalue weighted by molar-refractivity contribution is 7.80. The molecule has 0 atom stereocenters. The van der Waals surface area contributed by atoms with E-state index in [0.29, 0.717) is 5.41 Å². The van der Waals surface area contributed by atoms with Crippen LogP contribution in [-0.2, 0) is 4.74 Å². The van der Waals surface area contributed by atoms with Crippen LogP contribution in [0.2, 0.25) is 0 Å². The Morgan fingerprint density at radius 3 is 2.47 bits per heavy atom. The molecule has 1 spiro atoms. The Morgan fingerprint density at radius 1 is 1.16 bits per heavy atom. The Hall–Kier alpha value is -0.350. The molecule has 2 aliphatic rings. The topological polar surface area (TPSA) is 24.5 Å². The zero-order valence-corrected chi connectivity index (χ0v) is 13.1. The van der Waals surface area contributed by atoms with Crippen molar-refractivity contribution in [2.24, 2.45) is 5.41 Å². The third-order valence-corrected chi connectivity index (χ3v) is 5.23. The van der Waals surface area contributed by atoms with Gasteiger partial charge in [0.05, 0.1) is 0 Å². The van der Waals surface area contributed by atoms with E-state index >= 15 is 0 Å². The molecule has 4 heteroatoms. The summed E-state index contributed by atoms with van der Waals surface area (Å²) in [4.78, 5) is 2.36. The van der Waals surface area contributed by atoms with E-state index in [2.05, 4.69) is 10.2 Å². The average molecular weight is 284 g/mol. The first-order valence-corrected chi connectivity index (χ1v) is 8.18. The van der Waals surface area contributed by atoms with Crippen LogP contribution in [0.3, 0.4) is 0 Å². The molecule has 1 aliphatic heterocycles. The zero-order valence-electron chi connectivity index (χ0n) is 12.2. The van der Waals surface area contributed by atoms with Gasteiger partial charge in [-0.15, -0.1) is 0 Å². The number of ether oxygens (including phenoxy) is 1. The summed E-state index contributed by atoms with van der Waals surface area (Å²) in [6, 6.07) is 0. The summed E-state index contributed by atoms with van der Waals surface area (Å²) in [7, 11) is 1.74. The maximum atomic E-state index is 5.49. The van der Waals surface area contributed by atoms with E-state index in [1.54, 1.807) is 7.11 Å². The summed E-state index contributed by atoms with van der Waals surface area (Å²) in [6.07, 6.45) is 10.9. The van der Waals surface area contributed by atoms with E-state index in [9.17, 15) is 0 Å². The Balaban J connectivity index is 1.68. The first kappa shape index (κ1) is 15.0. The second kappa shape index (κ2) is 7.44. The summed E-state index contributed by atoms with van der Waals surface area (Å²) in [5, 5.41) is 4.30. The Morgan fingerprint density at radius 2 is 1.84 bits per heavy atom. The van der Waals surface area contributed by atoms with Gasteiger partial charge in [-0.25, -0.2) is 0 Å². The van der Waals surface area contributed by atoms with Crippen LogP contribution in [0.4, 0.5) is 0 Å². The van der Waals surface area contributed by atoms with Crippen molar-refractivity contribution < 1.29 is 4.74 Å². The van der Waals surface area contributed by atoms with Crippen molar-refractivity contribution in [1.82, 2.24) is 10.2 Å². The number of nitrogens with zero attached hydrogens (tertiary/aromatic N) is 1. The van der Waals surface area contributed by atoms with Crippen LogP contribution in [0, 0.1) is 5.41 Å². The summed E-state index contributed by atoms with van der Waals surface area (Å²) >= 11 is 5.49. The van der Waals surface area contributed by atoms with Gasteiger partial charge in [0, 0.05) is 33.4 Å². The smallest absolute Gasteiger partial charge is 0.168 e. The Kier molecular flexibility index (Phi) is 5.89. The minimum atomic E-state index is 0.667. The van der Waals surface area contributed by atoms with Gasteiger partial charge in [0.15, 0.2) is 5.11 Å². The number of thiocarbonyl (C=S) groups is 1. The van der Waals surface area contributed by atoms with Crippen molar-refractivity contribution in [3.63, 3.8) is 0 Å². The van der Waals surface area contributed by atoms with Crippen molar-refractivity contribution in [1.29, 1.82) is 0 Å². The number of methoxy groups -OCH3 is 1. The van der Waals surface area contributed by atoms with Crippen molar-refractivity contribution in [2.75, 3.05) is 33.4 Å². The highest BCUT2D eigenvalue weighted by Gasteiger charge is 2.35. The number of rotatable bonds is 4. The molecule has 3 nitrogen and oxygen atoms in total. The van der Waals surface area contributed by atoms with Crippen LogP contribution in [0.15, 0.2) is 0 Å². The summed E-state index contributed by atoms with van der Waals surface area (Å²) < 4.78 is 5.05. The minimum absolute atomic E-state index is 0.667. The van der Waals surface area contributed by atoms with Crippen LogP contribution < -0.4 is 5.32 Å². The quantitative estimate of drug-likeness (QED) is 0.634. The lowest BCUT2D eigenvalue weighted by Gasteiger charge is -2.45. The molecule has 110 valence electrons. The number of nitrogens with one attached hydrogen (secondary N) is 1. The number of likely N-dealkylation sites (tertiary alicyclic amines) is 1. The molecule has 0 bridgehead atoms. The van der Waals surface area contributed by atoms with Gasteiger partial charge in [0.2, 0.25) is 0 Å². The van der Waals surface area contributed by atoms with Crippen molar-refractivity contribution in [2.45, 2.75) is 51.4 Å². The number of hydrogen-bond donors (Lipinski definition) is 1. The highest BCUT2D eigenvalue weighted by atomic mass is 32.1. The molecule has 0 amide bonds. The van der Waals surface area contributed by atoms with Crippen LogP contribution in [-0.4, -0.2) is 43.4 Å². The van der Waals surface area contributed by atoms with Gasteiger partial charge in [-0.1, -0.05) is 19.3 Å². The normalized spacial score (nSPS) is 22.5. The van der Waals surface area contributed by atoms with E-state index < -0.39 is 0 Å². The summed E-state index contributed by atoms with van der Waals surface area (Å²) in [5.74, 6) is 0. The molecule has 0 aromatic heterocycles. The molecule has 0 unspecified atom stereocenters. The molecule has 1 heterocycles. The molecule has 1 N–H and O–H groups in total. The van der Waals surface area contributed by atoms with Crippen LogP contribution in [0.25, 0.3) is 0 Å². The first-order valence-electron chi connectivity index (χ1n) is 7.77. The standard InChI is InChI=1S/C15H28N2OS/c1-18-13-5-10-16-14(19)17-11-8-15(9-12-17)6-3-2-4-7-15/h2-13H2,1H3,(H,16,19). The Labute approximate surface area is 123 Å². The molecule has 0 radical (unpaired) electrons. The van der Waals surface area contributed by atoms with Gasteiger partial charge in [0.1, 0.15) is 0 Å². The van der Waals surface area contributed by atoms with Crippen molar-refractivity contribution in [3.05, 3.63) is 0 Å². The van der Waals surface area contributed by atoms with Crippen LogP contribution in [0.1, 0.15) is 51.4 Å². The van der Waals surface area contributed by atoms with Gasteiger partial charge < -0.3 is 15.0 Å². The van der Waals surface area contributed by atoms with Crippen molar-refractivity contribution in [3.8, 4) is 0 Å². The molecule has 19 heavy (non-hydrogen) atoms. The fourth-order valence-corrected chi connectivity index (χ4v) is 3.79. The second-order valence-electron chi connectivity index (χ2n) is 6.13. The average Bonchev–Trinajstić information content (AvgIpc) is 2.45. The molecular weight excluding hydrogens is 256 g/mol. The first-order chi connectivity index (χ1) is 9.26. The van der Waals surface area contributed by atoms with Gasteiger partial charge in [-0.3, -0.25) is 0 Å². The van der Waals surface area contributed by atoms with Crippen molar-refractivity contribution >= 4 is 17.3 Å². The lowest BCUT2D eigenvalue weighted by Crippen LogP contribution is -2.47. The summed E-state index contributed by atoms with van der Waals surface area (Å²) in [6.45, 7) is 4.03. The van der Waals surface area contributed by atoms with Crippen LogP contribution >= 0.6 is 12.2 Å². The third kappa shape index (κ3) is 4.32. The van der Waals surface area contributed by atoms with Gasteiger partial charge in [0.25, 0.3) is 0 Å². The van der Waals surface area contributed by atoms with E-state index in [1.165, 1.54) is 44.9 Å². The molecular formula is C15H28N2OS. The van der Waals surface area contributed by atoms with Gasteiger partial charge >= 0.3 is 0 Å². The molecule has 0 aromatic rings.